The highest BCUT2D eigenvalue weighted by Crippen LogP contribution is 2.25. The minimum absolute atomic E-state index is 0.0606. The van der Waals surface area contributed by atoms with Gasteiger partial charge in [-0.3, -0.25) is 4.79 Å². The van der Waals surface area contributed by atoms with Crippen LogP contribution in [0.3, 0.4) is 0 Å². The topological polar surface area (TPSA) is 34.9 Å². The van der Waals surface area contributed by atoms with Gasteiger partial charge in [-0.25, -0.2) is 13.8 Å². The van der Waals surface area contributed by atoms with Crippen LogP contribution < -0.4 is 5.56 Å². The predicted molar refractivity (Wildman–Crippen MR) is 82.0 cm³/mol. The van der Waals surface area contributed by atoms with Gasteiger partial charge in [0.05, 0.1) is 11.1 Å². The van der Waals surface area contributed by atoms with Gasteiger partial charge in [0.15, 0.2) is 0 Å². The fraction of sp³-hybridized carbons (Fsp3) is 0.125. The molecular formula is C16H11ClF2N2O. The van der Waals surface area contributed by atoms with Gasteiger partial charge in [-0.2, -0.15) is 0 Å². The number of hydrogen-bond donors (Lipinski definition) is 0. The van der Waals surface area contributed by atoms with E-state index in [-0.39, 0.29) is 21.8 Å². The van der Waals surface area contributed by atoms with Crippen LogP contribution in [0.5, 0.6) is 0 Å². The second kappa shape index (κ2) is 5.50. The molecule has 0 spiro atoms. The molecule has 2 heterocycles. The second-order valence-corrected chi connectivity index (χ2v) is 5.18. The molecule has 0 aliphatic carbocycles. The van der Waals surface area contributed by atoms with Crippen LogP contribution >= 0.6 is 11.6 Å². The van der Waals surface area contributed by atoms with Gasteiger partial charge in [-0.15, -0.1) is 0 Å². The lowest BCUT2D eigenvalue weighted by Crippen LogP contribution is -2.21. The monoisotopic (exact) mass is 320 g/mol. The quantitative estimate of drug-likeness (QED) is 0.669. The van der Waals surface area contributed by atoms with E-state index in [9.17, 15) is 13.6 Å². The Hall–Kier alpha value is -2.27. The molecule has 0 saturated carbocycles. The van der Waals surface area contributed by atoms with E-state index >= 15 is 0 Å². The summed E-state index contributed by atoms with van der Waals surface area (Å²) in [6.07, 6.45) is 1.52. The molecule has 0 saturated heterocycles. The molecule has 0 unspecified atom stereocenters. The van der Waals surface area contributed by atoms with Crippen LogP contribution in [0.25, 0.3) is 22.0 Å². The fourth-order valence-corrected chi connectivity index (χ4v) is 2.61. The zero-order valence-corrected chi connectivity index (χ0v) is 12.4. The lowest BCUT2D eigenvalue weighted by molar-refractivity contribution is 0.585. The Kier molecular flexibility index (Phi) is 3.66. The third kappa shape index (κ3) is 2.37. The SMILES string of the molecule is CCn1c(=O)c(-c2ccc(F)cc2F)cc2cnc(Cl)cc21. The zero-order chi connectivity index (χ0) is 15.9. The first-order chi connectivity index (χ1) is 10.5. The van der Waals surface area contributed by atoms with E-state index in [1.807, 2.05) is 0 Å². The maximum absolute atomic E-state index is 14.0. The van der Waals surface area contributed by atoms with Crippen LogP contribution in [0.2, 0.25) is 5.15 Å². The van der Waals surface area contributed by atoms with Crippen molar-refractivity contribution in [3.05, 3.63) is 63.7 Å². The molecule has 0 radical (unpaired) electrons. The van der Waals surface area contributed by atoms with Crippen molar-refractivity contribution in [2.75, 3.05) is 0 Å². The summed E-state index contributed by atoms with van der Waals surface area (Å²) in [6.45, 7) is 2.20. The highest BCUT2D eigenvalue weighted by molar-refractivity contribution is 6.30. The molecule has 0 amide bonds. The van der Waals surface area contributed by atoms with E-state index in [0.717, 1.165) is 12.1 Å². The van der Waals surface area contributed by atoms with Crippen LogP contribution in [0.1, 0.15) is 6.92 Å². The van der Waals surface area contributed by atoms with E-state index < -0.39 is 11.6 Å². The van der Waals surface area contributed by atoms with Crippen LogP contribution in [-0.4, -0.2) is 9.55 Å². The molecule has 0 aliphatic heterocycles. The highest BCUT2D eigenvalue weighted by atomic mass is 35.5. The van der Waals surface area contributed by atoms with Crippen LogP contribution in [0.4, 0.5) is 8.78 Å². The molecule has 3 rings (SSSR count). The Morgan fingerprint density at radius 1 is 1.18 bits per heavy atom. The number of nitrogens with zero attached hydrogens (tertiary/aromatic N) is 2. The number of aromatic nitrogens is 2. The Morgan fingerprint density at radius 2 is 1.95 bits per heavy atom. The van der Waals surface area contributed by atoms with E-state index in [2.05, 4.69) is 4.98 Å². The molecule has 22 heavy (non-hydrogen) atoms. The number of pyridine rings is 2. The molecule has 3 nitrogen and oxygen atoms in total. The number of aryl methyl sites for hydroxylation is 1. The number of rotatable bonds is 2. The van der Waals surface area contributed by atoms with Gasteiger partial charge in [0.1, 0.15) is 16.8 Å². The lowest BCUT2D eigenvalue weighted by Gasteiger charge is -2.12. The van der Waals surface area contributed by atoms with Crippen LogP contribution in [0, 0.1) is 11.6 Å². The fourth-order valence-electron chi connectivity index (χ4n) is 2.46. The van der Waals surface area contributed by atoms with Gasteiger partial charge in [0.2, 0.25) is 0 Å². The first kappa shape index (κ1) is 14.7. The summed E-state index contributed by atoms with van der Waals surface area (Å²) in [7, 11) is 0. The Labute approximate surface area is 129 Å². The summed E-state index contributed by atoms with van der Waals surface area (Å²) in [4.78, 5) is 16.6. The van der Waals surface area contributed by atoms with E-state index in [1.54, 1.807) is 19.1 Å². The van der Waals surface area contributed by atoms with Crippen molar-refractivity contribution in [2.24, 2.45) is 0 Å². The summed E-state index contributed by atoms with van der Waals surface area (Å²) < 4.78 is 28.5. The number of halogens is 3. The van der Waals surface area contributed by atoms with E-state index in [1.165, 1.54) is 16.8 Å². The first-order valence-electron chi connectivity index (χ1n) is 6.65. The lowest BCUT2D eigenvalue weighted by atomic mass is 10.0. The molecule has 0 bridgehead atoms. The van der Waals surface area contributed by atoms with Gasteiger partial charge in [-0.1, -0.05) is 11.6 Å². The van der Waals surface area contributed by atoms with Gasteiger partial charge in [0.25, 0.3) is 5.56 Å². The first-order valence-corrected chi connectivity index (χ1v) is 7.03. The van der Waals surface area contributed by atoms with Crippen LogP contribution in [0.15, 0.2) is 41.3 Å². The second-order valence-electron chi connectivity index (χ2n) is 4.80. The standard InChI is InChI=1S/C16H11ClF2N2O/c1-2-21-14-7-15(17)20-8-9(14)5-12(16(21)22)11-4-3-10(18)6-13(11)19/h3-8H,2H2,1H3. The van der Waals surface area contributed by atoms with Gasteiger partial charge in [0, 0.05) is 29.8 Å². The van der Waals surface area contributed by atoms with Crippen molar-refractivity contribution in [1.82, 2.24) is 9.55 Å². The maximum Gasteiger partial charge on any atom is 0.259 e. The minimum atomic E-state index is -0.777. The normalized spacial score (nSPS) is 11.1. The number of benzene rings is 1. The number of fused-ring (bicyclic) bond motifs is 1. The molecule has 6 heteroatoms. The largest absolute Gasteiger partial charge is 0.308 e. The predicted octanol–water partition coefficient (Wildman–Crippen LogP) is 4.02. The van der Waals surface area contributed by atoms with E-state index in [4.69, 9.17) is 11.6 Å². The maximum atomic E-state index is 14.0. The molecule has 0 atom stereocenters. The molecule has 0 aliphatic rings. The Balaban J connectivity index is 2.38. The zero-order valence-electron chi connectivity index (χ0n) is 11.6. The van der Waals surface area contributed by atoms with Gasteiger partial charge < -0.3 is 4.57 Å². The van der Waals surface area contributed by atoms with Crippen molar-refractivity contribution in [3.8, 4) is 11.1 Å². The minimum Gasteiger partial charge on any atom is -0.308 e. The molecule has 1 aromatic carbocycles. The van der Waals surface area contributed by atoms with Crippen molar-refractivity contribution in [2.45, 2.75) is 13.5 Å². The summed E-state index contributed by atoms with van der Waals surface area (Å²) in [5.41, 5.74) is 0.489. The third-order valence-electron chi connectivity index (χ3n) is 3.48. The Morgan fingerprint density at radius 3 is 2.64 bits per heavy atom. The summed E-state index contributed by atoms with van der Waals surface area (Å²) in [6, 6.07) is 6.28. The van der Waals surface area contributed by atoms with E-state index in [0.29, 0.717) is 17.4 Å². The average molecular weight is 321 g/mol. The third-order valence-corrected chi connectivity index (χ3v) is 3.69. The average Bonchev–Trinajstić information content (AvgIpc) is 2.47. The van der Waals surface area contributed by atoms with Crippen molar-refractivity contribution in [1.29, 1.82) is 0 Å². The molecule has 0 fully saturated rings. The van der Waals surface area contributed by atoms with Gasteiger partial charge >= 0.3 is 0 Å². The van der Waals surface area contributed by atoms with Crippen LogP contribution in [-0.2, 0) is 6.54 Å². The molecule has 3 aromatic rings. The molecule has 0 N–H and O–H groups in total. The molecular weight excluding hydrogens is 310 g/mol. The van der Waals surface area contributed by atoms with Gasteiger partial charge in [-0.05, 0) is 31.2 Å². The van der Waals surface area contributed by atoms with Crippen molar-refractivity contribution in [3.63, 3.8) is 0 Å². The highest BCUT2D eigenvalue weighted by Gasteiger charge is 2.14. The smallest absolute Gasteiger partial charge is 0.259 e. The summed E-state index contributed by atoms with van der Waals surface area (Å²) in [5.74, 6) is -1.47. The number of hydrogen-bond acceptors (Lipinski definition) is 2. The summed E-state index contributed by atoms with van der Waals surface area (Å²) >= 11 is 5.87. The van der Waals surface area contributed by atoms with Crippen molar-refractivity contribution < 1.29 is 8.78 Å². The van der Waals surface area contributed by atoms with Crippen molar-refractivity contribution >= 4 is 22.5 Å². The Bertz CT molecular complexity index is 937. The summed E-state index contributed by atoms with van der Waals surface area (Å²) in [5, 5.41) is 0.930. The molecule has 112 valence electrons. The molecule has 2 aromatic heterocycles.